The number of fused-ring (bicyclic) bond motifs is 6. The van der Waals surface area contributed by atoms with Crippen molar-refractivity contribution in [3.63, 3.8) is 0 Å². The first kappa shape index (κ1) is 59.4. The van der Waals surface area contributed by atoms with Crippen LogP contribution in [-0.4, -0.2) is 117 Å². The Hall–Kier alpha value is -8.86. The van der Waals surface area contributed by atoms with Gasteiger partial charge in [-0.2, -0.15) is 15.0 Å². The zero-order chi connectivity index (χ0) is 63.5. The van der Waals surface area contributed by atoms with Crippen molar-refractivity contribution in [3.05, 3.63) is 135 Å². The van der Waals surface area contributed by atoms with Crippen LogP contribution >= 0.6 is 0 Å². The second-order valence-electron chi connectivity index (χ2n) is 28.0. The van der Waals surface area contributed by atoms with Crippen molar-refractivity contribution < 1.29 is 9.52 Å². The fraction of sp³-hybridized carbons (Fsp3) is 0.409. The van der Waals surface area contributed by atoms with Gasteiger partial charge >= 0.3 is 11.4 Å². The fourth-order valence-corrected chi connectivity index (χ4v) is 25.1. The largest absolute Gasteiger partial charge is 0.421 e. The molecule has 4 N–H and O–H groups in total. The highest BCUT2D eigenvalue weighted by molar-refractivity contribution is 6.79. The summed E-state index contributed by atoms with van der Waals surface area (Å²) in [4.78, 5) is 86.8. The highest BCUT2D eigenvalue weighted by Gasteiger charge is 2.45. The minimum Gasteiger partial charge on any atom is -0.404 e. The Balaban J connectivity index is 0.719. The van der Waals surface area contributed by atoms with Crippen LogP contribution in [0.1, 0.15) is 78.7 Å². The second kappa shape index (κ2) is 22.8. The first-order chi connectivity index (χ1) is 44.2. The third kappa shape index (κ3) is 10.9. The lowest BCUT2D eigenvalue weighted by Crippen LogP contribution is -2.51. The van der Waals surface area contributed by atoms with E-state index >= 15 is 0 Å². The number of imidazole rings is 1. The third-order valence-corrected chi connectivity index (χ3v) is 32.4. The summed E-state index contributed by atoms with van der Waals surface area (Å²) >= 11 is 0. The van der Waals surface area contributed by atoms with E-state index < -0.39 is 36.3 Å². The molecule has 4 aliphatic rings. The van der Waals surface area contributed by atoms with Crippen molar-refractivity contribution in [1.29, 1.82) is 0 Å². The monoisotopic (exact) mass is 1280 g/mol. The number of aliphatic hydroxyl groups excluding tert-OH is 1. The van der Waals surface area contributed by atoms with Gasteiger partial charge in [-0.15, -0.1) is 0 Å². The van der Waals surface area contributed by atoms with Crippen LogP contribution in [0.3, 0.4) is 0 Å². The summed E-state index contributed by atoms with van der Waals surface area (Å²) in [6.45, 7) is 15.9. The third-order valence-electron chi connectivity index (χ3n) is 20.8. The Bertz CT molecular complexity index is 4870. The van der Waals surface area contributed by atoms with E-state index in [1.807, 2.05) is 72.3 Å². The van der Waals surface area contributed by atoms with Gasteiger partial charge in [-0.1, -0.05) is 68.5 Å². The van der Waals surface area contributed by atoms with E-state index in [-0.39, 0.29) is 23.8 Å². The van der Waals surface area contributed by atoms with Crippen LogP contribution in [0.4, 0.5) is 46.4 Å². The molecule has 11 aromatic rings. The molecule has 92 heavy (non-hydrogen) atoms. The molecule has 3 fully saturated rings. The maximum atomic E-state index is 14.7. The number of aryl methyl sites for hydroxylation is 4. The van der Waals surface area contributed by atoms with Crippen molar-refractivity contribution in [1.82, 2.24) is 68.5 Å². The number of anilines is 8. The lowest BCUT2D eigenvalue weighted by molar-refractivity contribution is 0.163. The smallest absolute Gasteiger partial charge is 0.404 e. The highest BCUT2D eigenvalue weighted by atomic mass is 28.3. The topological polar surface area (TPSA) is 267 Å². The molecule has 8 aromatic heterocycles. The van der Waals surface area contributed by atoms with Gasteiger partial charge < -0.3 is 35.3 Å². The molecule has 12 heterocycles. The van der Waals surface area contributed by atoms with Gasteiger partial charge in [-0.25, -0.2) is 24.5 Å². The van der Waals surface area contributed by atoms with Crippen molar-refractivity contribution in [2.45, 2.75) is 158 Å². The van der Waals surface area contributed by atoms with Gasteiger partial charge in [0.25, 0.3) is 0 Å². The average Bonchev–Trinajstić information content (AvgIpc) is 1.63. The molecule has 1 unspecified atom stereocenters. The van der Waals surface area contributed by atoms with E-state index in [0.717, 1.165) is 158 Å². The number of aromatic nitrogens is 14. The summed E-state index contributed by atoms with van der Waals surface area (Å²) < 4.78 is 12.0. The Morgan fingerprint density at radius 2 is 1.05 bits per heavy atom. The summed E-state index contributed by atoms with van der Waals surface area (Å²) in [7, 11) is -1.93. The van der Waals surface area contributed by atoms with Gasteiger partial charge in [0.2, 0.25) is 24.2 Å². The Morgan fingerprint density at radius 1 is 0.554 bits per heavy atom. The molecule has 0 saturated carbocycles. The average molecular weight is 1280 g/mol. The number of pyridine rings is 1. The minimum absolute atomic E-state index is 0.0102. The molecule has 4 aliphatic heterocycles. The van der Waals surface area contributed by atoms with Gasteiger partial charge in [-0.05, 0) is 131 Å². The van der Waals surface area contributed by atoms with E-state index in [2.05, 4.69) is 102 Å². The molecule has 0 radical (unpaired) electrons. The van der Waals surface area contributed by atoms with Gasteiger partial charge in [0.15, 0.2) is 22.7 Å². The van der Waals surface area contributed by atoms with Crippen LogP contribution in [0.5, 0.6) is 0 Å². The van der Waals surface area contributed by atoms with Gasteiger partial charge in [-0.3, -0.25) is 38.6 Å². The number of nitrogens with zero attached hydrogens (tertiary/aromatic N) is 16. The SMILES string of the molecule is Cc1cc2nccnc2cc1Nc1ncc2c(n1)N(C1CC[Si](C)(Cc3nc(Nc4cc5nccnc5cc4C)nc4c3oc(=O)n4C3CC[Si](C)(Cc4nc(Nc5cc6ncccc6cc5C)nc5c4n(C)c(=O)n5C4CC[Si](C)(C)CC4)CC3)CC1)C(O)N2C. The van der Waals surface area contributed by atoms with Gasteiger partial charge in [0.05, 0.1) is 61.3 Å². The molecule has 0 aliphatic carbocycles. The normalized spacial score (nSPS) is 21.9. The lowest BCUT2D eigenvalue weighted by atomic mass is 10.1. The highest BCUT2D eigenvalue weighted by Crippen LogP contribution is 2.45. The molecule has 1 atom stereocenters. The van der Waals surface area contributed by atoms with E-state index in [1.165, 1.54) is 12.1 Å². The van der Waals surface area contributed by atoms with Crippen LogP contribution < -0.4 is 37.2 Å². The molecular weight excluding hydrogens is 1210 g/mol. The van der Waals surface area contributed by atoms with Crippen molar-refractivity contribution in [2.24, 2.45) is 7.05 Å². The Labute approximate surface area is 534 Å². The van der Waals surface area contributed by atoms with Crippen molar-refractivity contribution >= 4 is 126 Å². The van der Waals surface area contributed by atoms with E-state index in [0.29, 0.717) is 46.6 Å². The summed E-state index contributed by atoms with van der Waals surface area (Å²) in [6, 6.07) is 23.5. The van der Waals surface area contributed by atoms with E-state index in [4.69, 9.17) is 29.3 Å². The maximum Gasteiger partial charge on any atom is 0.421 e. The zero-order valence-electron chi connectivity index (χ0n) is 53.6. The van der Waals surface area contributed by atoms with Gasteiger partial charge in [0, 0.05) is 93.7 Å². The van der Waals surface area contributed by atoms with Crippen LogP contribution in [0.15, 0.2) is 99.7 Å². The number of oxazole rings is 1. The van der Waals surface area contributed by atoms with Crippen LogP contribution in [0, 0.1) is 20.8 Å². The number of hydrogen-bond acceptors (Lipinski definition) is 20. The summed E-state index contributed by atoms with van der Waals surface area (Å²) in [5.74, 6) is 1.54. The number of benzene rings is 3. The Morgan fingerprint density at radius 3 is 1.67 bits per heavy atom. The van der Waals surface area contributed by atoms with Crippen molar-refractivity contribution in [3.8, 4) is 0 Å². The van der Waals surface area contributed by atoms with Crippen LogP contribution in [-0.2, 0) is 19.1 Å². The Kier molecular flexibility index (Phi) is 14.7. The molecule has 15 rings (SSSR count). The van der Waals surface area contributed by atoms with Crippen molar-refractivity contribution in [2.75, 3.05) is 32.8 Å². The first-order valence-corrected chi connectivity index (χ1v) is 41.9. The molecular formula is C66H77N19O4Si3. The zero-order valence-corrected chi connectivity index (χ0v) is 56.6. The number of aliphatic hydroxyl groups is 1. The predicted molar refractivity (Wildman–Crippen MR) is 369 cm³/mol. The number of nitrogens with one attached hydrogen (secondary N) is 3. The molecule has 472 valence electrons. The summed E-state index contributed by atoms with van der Waals surface area (Å²) in [5, 5.41) is 23.5. The molecule has 3 aromatic carbocycles. The first-order valence-electron chi connectivity index (χ1n) is 32.3. The second-order valence-corrected chi connectivity index (χ2v) is 43.3. The van der Waals surface area contributed by atoms with E-state index in [1.54, 1.807) is 41.7 Å². The van der Waals surface area contributed by atoms with E-state index in [9.17, 15) is 14.7 Å². The molecule has 0 bridgehead atoms. The molecule has 0 spiro atoms. The molecule has 23 nitrogen and oxygen atoms in total. The van der Waals surface area contributed by atoms with Crippen LogP contribution in [0.2, 0.25) is 62.5 Å². The number of hydrogen-bond donors (Lipinski definition) is 4. The van der Waals surface area contributed by atoms with Crippen LogP contribution in [0.25, 0.3) is 55.4 Å². The fourth-order valence-electron chi connectivity index (χ4n) is 15.1. The number of rotatable bonds is 13. The minimum atomic E-state index is -2.18. The molecule has 0 amide bonds. The van der Waals surface area contributed by atoms with Gasteiger partial charge in [0.1, 0.15) is 11.2 Å². The predicted octanol–water partition coefficient (Wildman–Crippen LogP) is 12.0. The lowest BCUT2D eigenvalue weighted by Gasteiger charge is -2.41. The molecule has 3 saturated heterocycles. The standard InChI is InChI=1S/C66H77N19O4Si3/c1-38-29-41-11-10-18-67-48(41)32-45(38)74-62-76-53(56-59(79-62)84(65(87)82(56)5)42-12-23-90(6,7)24-13-42)36-91(8)27-16-44(17-28-91)85-60-57(89-66(85)88)54(77-63(80-60)75-47-34-52-50(31-40(47)3)69-20-22-71-52)37-92(9)25-14-43(15-26-92)83-58-55(81(4)64(83)86)35-72-61(78-58)73-46-33-51-49(30-39(46)2)68-19-21-70-51/h10-11,18-22,29-35,42-44,64,86H,12-17,23-28,36-37H2,1-9H3,(H,72,73,78)(H,74,76,79)(H,75,77,80). The quantitative estimate of drug-likeness (QED) is 0.0781. The summed E-state index contributed by atoms with van der Waals surface area (Å²) in [5.41, 5.74) is 14.2. The summed E-state index contributed by atoms with van der Waals surface area (Å²) in [6.07, 6.45) is 14.5. The molecule has 26 heteroatoms. The maximum absolute atomic E-state index is 14.7.